The number of hydrogen-bond donors (Lipinski definition) is 1. The molecule has 0 saturated heterocycles. The number of aromatic hydroxyl groups is 1. The molecule has 21 heavy (non-hydrogen) atoms. The van der Waals surface area contributed by atoms with Gasteiger partial charge in [-0.05, 0) is 42.3 Å². The number of hydrogen-bond acceptors (Lipinski definition) is 3. The predicted molar refractivity (Wildman–Crippen MR) is 77.3 cm³/mol. The zero-order valence-electron chi connectivity index (χ0n) is 11.5. The van der Waals surface area contributed by atoms with Crippen LogP contribution in [0.25, 0.3) is 0 Å². The lowest BCUT2D eigenvalue weighted by Gasteiger charge is -2.19. The molecule has 1 N–H and O–H groups in total. The van der Waals surface area contributed by atoms with Gasteiger partial charge in [0.15, 0.2) is 6.10 Å². The van der Waals surface area contributed by atoms with Crippen molar-refractivity contribution in [3.8, 4) is 5.75 Å². The first kappa shape index (κ1) is 14.8. The van der Waals surface area contributed by atoms with Gasteiger partial charge in [0, 0.05) is 5.57 Å². The van der Waals surface area contributed by atoms with Crippen molar-refractivity contribution in [2.75, 3.05) is 0 Å². The van der Waals surface area contributed by atoms with Gasteiger partial charge in [0.2, 0.25) is 0 Å². The van der Waals surface area contributed by atoms with E-state index in [9.17, 15) is 14.3 Å². The van der Waals surface area contributed by atoms with Crippen molar-refractivity contribution in [2.45, 2.75) is 13.0 Å². The van der Waals surface area contributed by atoms with E-state index in [4.69, 9.17) is 4.74 Å². The molecular formula is C17H15FO3. The molecule has 0 aliphatic rings. The Labute approximate surface area is 122 Å². The molecule has 0 amide bonds. The number of phenols is 1. The number of carbonyl (C=O) groups is 1. The second-order valence-corrected chi connectivity index (χ2v) is 4.71. The van der Waals surface area contributed by atoms with Gasteiger partial charge in [0.25, 0.3) is 0 Å². The van der Waals surface area contributed by atoms with Gasteiger partial charge in [-0.25, -0.2) is 9.18 Å². The molecule has 4 heteroatoms. The van der Waals surface area contributed by atoms with Crippen molar-refractivity contribution >= 4 is 5.97 Å². The zero-order chi connectivity index (χ0) is 15.4. The van der Waals surface area contributed by atoms with Crippen LogP contribution in [0.4, 0.5) is 4.39 Å². The fraction of sp³-hybridized carbons (Fsp3) is 0.118. The molecule has 0 aliphatic carbocycles. The minimum atomic E-state index is -0.685. The summed E-state index contributed by atoms with van der Waals surface area (Å²) in [6, 6.07) is 12.0. The van der Waals surface area contributed by atoms with Gasteiger partial charge in [-0.1, -0.05) is 30.8 Å². The van der Waals surface area contributed by atoms with Gasteiger partial charge in [-0.2, -0.15) is 0 Å². The van der Waals surface area contributed by atoms with Crippen LogP contribution in [-0.2, 0) is 9.53 Å². The summed E-state index contributed by atoms with van der Waals surface area (Å²) in [4.78, 5) is 11.8. The van der Waals surface area contributed by atoms with Crippen molar-refractivity contribution < 1.29 is 19.0 Å². The highest BCUT2D eigenvalue weighted by molar-refractivity contribution is 5.87. The molecule has 0 saturated carbocycles. The van der Waals surface area contributed by atoms with Gasteiger partial charge < -0.3 is 9.84 Å². The summed E-state index contributed by atoms with van der Waals surface area (Å²) in [5.74, 6) is -0.783. The predicted octanol–water partition coefficient (Wildman–Crippen LogP) is 3.74. The third-order valence-electron chi connectivity index (χ3n) is 2.94. The highest BCUT2D eigenvalue weighted by atomic mass is 19.1. The molecule has 2 rings (SSSR count). The van der Waals surface area contributed by atoms with Crippen molar-refractivity contribution in [1.82, 2.24) is 0 Å². The fourth-order valence-corrected chi connectivity index (χ4v) is 1.82. The van der Waals surface area contributed by atoms with E-state index in [0.29, 0.717) is 11.1 Å². The molecule has 0 aliphatic heterocycles. The number of esters is 1. The lowest BCUT2D eigenvalue weighted by Crippen LogP contribution is -2.13. The molecule has 0 heterocycles. The van der Waals surface area contributed by atoms with E-state index in [1.54, 1.807) is 31.2 Å². The van der Waals surface area contributed by atoms with Crippen molar-refractivity contribution in [2.24, 2.45) is 0 Å². The van der Waals surface area contributed by atoms with Crippen LogP contribution in [0.2, 0.25) is 0 Å². The molecule has 0 spiro atoms. The topological polar surface area (TPSA) is 46.5 Å². The number of halogens is 1. The Kier molecular flexibility index (Phi) is 4.38. The van der Waals surface area contributed by atoms with Crippen molar-refractivity contribution in [1.29, 1.82) is 0 Å². The summed E-state index contributed by atoms with van der Waals surface area (Å²) in [5.41, 5.74) is 1.59. The molecule has 2 aromatic rings. The summed E-state index contributed by atoms with van der Waals surface area (Å²) in [7, 11) is 0. The minimum Gasteiger partial charge on any atom is -0.508 e. The van der Waals surface area contributed by atoms with Gasteiger partial charge >= 0.3 is 5.97 Å². The maximum atomic E-state index is 13.0. The van der Waals surface area contributed by atoms with Crippen LogP contribution < -0.4 is 0 Å². The number of phenolic OH excluding ortho intramolecular Hbond substituents is 1. The average Bonchev–Trinajstić information content (AvgIpc) is 2.46. The molecule has 0 aromatic heterocycles. The minimum absolute atomic E-state index is 0.114. The third-order valence-corrected chi connectivity index (χ3v) is 2.94. The van der Waals surface area contributed by atoms with E-state index >= 15 is 0 Å². The summed E-state index contributed by atoms with van der Waals surface area (Å²) < 4.78 is 18.5. The fourth-order valence-electron chi connectivity index (χ4n) is 1.82. The van der Waals surface area contributed by atoms with E-state index in [2.05, 4.69) is 6.58 Å². The largest absolute Gasteiger partial charge is 0.508 e. The van der Waals surface area contributed by atoms with E-state index in [0.717, 1.165) is 0 Å². The first-order valence-corrected chi connectivity index (χ1v) is 6.38. The molecule has 2 aromatic carbocycles. The molecule has 108 valence electrons. The Morgan fingerprint density at radius 2 is 1.57 bits per heavy atom. The second kappa shape index (κ2) is 6.22. The van der Waals surface area contributed by atoms with Crippen LogP contribution >= 0.6 is 0 Å². The lowest BCUT2D eigenvalue weighted by atomic mass is 10.0. The summed E-state index contributed by atoms with van der Waals surface area (Å²) >= 11 is 0. The van der Waals surface area contributed by atoms with Crippen LogP contribution in [-0.4, -0.2) is 11.1 Å². The second-order valence-electron chi connectivity index (χ2n) is 4.71. The maximum absolute atomic E-state index is 13.0. The quantitative estimate of drug-likeness (QED) is 0.688. The molecule has 3 nitrogen and oxygen atoms in total. The standard InChI is InChI=1S/C17H15FO3/c1-11(2)17(20)21-16(12-3-7-14(18)8-4-12)13-5-9-15(19)10-6-13/h3-10,16,19H,1H2,2H3. The monoisotopic (exact) mass is 286 g/mol. The first-order chi connectivity index (χ1) is 9.97. The summed E-state index contributed by atoms with van der Waals surface area (Å²) in [5, 5.41) is 9.34. The average molecular weight is 286 g/mol. The van der Waals surface area contributed by atoms with Crippen LogP contribution in [0.3, 0.4) is 0 Å². The van der Waals surface area contributed by atoms with E-state index in [1.807, 2.05) is 0 Å². The Balaban J connectivity index is 2.38. The van der Waals surface area contributed by atoms with Gasteiger partial charge in [-0.15, -0.1) is 0 Å². The van der Waals surface area contributed by atoms with E-state index in [-0.39, 0.29) is 17.1 Å². The Morgan fingerprint density at radius 3 is 2.05 bits per heavy atom. The maximum Gasteiger partial charge on any atom is 0.334 e. The Morgan fingerprint density at radius 1 is 1.10 bits per heavy atom. The number of rotatable bonds is 4. The first-order valence-electron chi connectivity index (χ1n) is 6.38. The number of carbonyl (C=O) groups excluding carboxylic acids is 1. The number of benzene rings is 2. The smallest absolute Gasteiger partial charge is 0.334 e. The van der Waals surface area contributed by atoms with Crippen LogP contribution in [0.5, 0.6) is 5.75 Å². The van der Waals surface area contributed by atoms with Crippen LogP contribution in [0.15, 0.2) is 60.7 Å². The highest BCUT2D eigenvalue weighted by Gasteiger charge is 2.19. The molecule has 0 fully saturated rings. The summed E-state index contributed by atoms with van der Waals surface area (Å²) in [6.07, 6.45) is -0.685. The Bertz CT molecular complexity index is 599. The highest BCUT2D eigenvalue weighted by Crippen LogP contribution is 2.28. The molecule has 0 bridgehead atoms. The lowest BCUT2D eigenvalue weighted by molar-refractivity contribution is -0.142. The van der Waals surface area contributed by atoms with Crippen molar-refractivity contribution in [3.63, 3.8) is 0 Å². The zero-order valence-corrected chi connectivity index (χ0v) is 11.5. The summed E-state index contributed by atoms with van der Waals surface area (Å²) in [6.45, 7) is 5.11. The van der Waals surface area contributed by atoms with Gasteiger partial charge in [0.1, 0.15) is 11.6 Å². The van der Waals surface area contributed by atoms with Crippen LogP contribution in [0, 0.1) is 5.82 Å². The molecule has 1 atom stereocenters. The van der Waals surface area contributed by atoms with Crippen molar-refractivity contribution in [3.05, 3.63) is 77.6 Å². The van der Waals surface area contributed by atoms with Crippen LogP contribution in [0.1, 0.15) is 24.2 Å². The molecule has 1 unspecified atom stereocenters. The normalized spacial score (nSPS) is 11.7. The number of ether oxygens (including phenoxy) is 1. The van der Waals surface area contributed by atoms with Gasteiger partial charge in [0.05, 0.1) is 0 Å². The third kappa shape index (κ3) is 3.69. The SMILES string of the molecule is C=C(C)C(=O)OC(c1ccc(O)cc1)c1ccc(F)cc1. The Hall–Kier alpha value is -2.62. The van der Waals surface area contributed by atoms with Gasteiger partial charge in [-0.3, -0.25) is 0 Å². The molecule has 0 radical (unpaired) electrons. The van der Waals surface area contributed by atoms with E-state index in [1.165, 1.54) is 24.3 Å². The molecular weight excluding hydrogens is 271 g/mol. The van der Waals surface area contributed by atoms with E-state index < -0.39 is 12.1 Å².